The average Bonchev–Trinajstić information content (AvgIpc) is 2.32. The molecule has 0 saturated heterocycles. The van der Waals surface area contributed by atoms with Gasteiger partial charge in [0.15, 0.2) is 0 Å². The van der Waals surface area contributed by atoms with Gasteiger partial charge in [-0.2, -0.15) is 4.31 Å². The Morgan fingerprint density at radius 1 is 1.47 bits per heavy atom. The van der Waals surface area contributed by atoms with Crippen LogP contribution in [0.2, 0.25) is 0 Å². The monoisotopic (exact) mass is 290 g/mol. The maximum atomic E-state index is 13.1. The van der Waals surface area contributed by atoms with Gasteiger partial charge < -0.3 is 10.5 Å². The molecule has 0 atom stereocenters. The molecule has 1 aromatic carbocycles. The Hall–Kier alpha value is -1.67. The summed E-state index contributed by atoms with van der Waals surface area (Å²) in [4.78, 5) is 10.9. The summed E-state index contributed by atoms with van der Waals surface area (Å²) in [6, 6.07) is 3.02. The first kappa shape index (κ1) is 15.4. The summed E-state index contributed by atoms with van der Waals surface area (Å²) in [5.74, 6) is -1.42. The zero-order valence-electron chi connectivity index (χ0n) is 10.6. The zero-order chi connectivity index (χ0) is 14.6. The smallest absolute Gasteiger partial charge is 0.321 e. The van der Waals surface area contributed by atoms with Crippen molar-refractivity contribution in [3.63, 3.8) is 0 Å². The highest BCUT2D eigenvalue weighted by molar-refractivity contribution is 7.89. The summed E-state index contributed by atoms with van der Waals surface area (Å²) in [7, 11) is -2.85. The summed E-state index contributed by atoms with van der Waals surface area (Å²) >= 11 is 0. The van der Waals surface area contributed by atoms with Gasteiger partial charge in [0.2, 0.25) is 10.0 Å². The van der Waals surface area contributed by atoms with E-state index >= 15 is 0 Å². The van der Waals surface area contributed by atoms with Crippen LogP contribution in [0.25, 0.3) is 0 Å². The Morgan fingerprint density at radius 2 is 2.11 bits per heavy atom. The first-order valence-electron chi connectivity index (χ1n) is 5.46. The number of carbonyl (C=O) groups excluding carboxylic acids is 1. The Bertz CT molecular complexity index is 574. The predicted molar refractivity (Wildman–Crippen MR) is 67.3 cm³/mol. The largest absolute Gasteiger partial charge is 0.465 e. The summed E-state index contributed by atoms with van der Waals surface area (Å²) in [5.41, 5.74) is 5.43. The lowest BCUT2D eigenvalue weighted by atomic mass is 10.3. The van der Waals surface area contributed by atoms with Crippen molar-refractivity contribution in [1.29, 1.82) is 0 Å². The molecule has 2 N–H and O–H groups in total. The molecule has 0 aliphatic carbocycles. The fourth-order valence-corrected chi connectivity index (χ4v) is 2.61. The molecule has 19 heavy (non-hydrogen) atoms. The number of hydrogen-bond acceptors (Lipinski definition) is 5. The van der Waals surface area contributed by atoms with Crippen molar-refractivity contribution in [2.24, 2.45) is 0 Å². The van der Waals surface area contributed by atoms with Crippen LogP contribution in [0.15, 0.2) is 23.1 Å². The molecule has 0 spiro atoms. The van der Waals surface area contributed by atoms with Crippen molar-refractivity contribution < 1.29 is 22.3 Å². The molecule has 6 nitrogen and oxygen atoms in total. The second-order valence-corrected chi connectivity index (χ2v) is 5.76. The van der Waals surface area contributed by atoms with Crippen LogP contribution in [0.5, 0.6) is 0 Å². The molecule has 0 aromatic heterocycles. The van der Waals surface area contributed by atoms with E-state index in [1.54, 1.807) is 6.92 Å². The van der Waals surface area contributed by atoms with Crippen LogP contribution >= 0.6 is 0 Å². The van der Waals surface area contributed by atoms with E-state index in [1.165, 1.54) is 7.05 Å². The summed E-state index contributed by atoms with van der Waals surface area (Å²) in [5, 5.41) is 0. The lowest BCUT2D eigenvalue weighted by molar-refractivity contribution is -0.143. The summed E-state index contributed by atoms with van der Waals surface area (Å²) < 4.78 is 42.7. The fourth-order valence-electron chi connectivity index (χ4n) is 1.37. The van der Waals surface area contributed by atoms with Crippen LogP contribution in [0.3, 0.4) is 0 Å². The van der Waals surface area contributed by atoms with Gasteiger partial charge in [0, 0.05) is 7.05 Å². The summed E-state index contributed by atoms with van der Waals surface area (Å²) in [6.07, 6.45) is 0. The maximum absolute atomic E-state index is 13.1. The SMILES string of the molecule is CCOC(=O)CN(C)S(=O)(=O)c1cc(F)ccc1N. The number of anilines is 1. The predicted octanol–water partition coefficient (Wildman–Crippen LogP) is 0.592. The number of benzene rings is 1. The van der Waals surface area contributed by atoms with Gasteiger partial charge in [-0.05, 0) is 25.1 Å². The van der Waals surface area contributed by atoms with E-state index in [2.05, 4.69) is 4.74 Å². The number of rotatable bonds is 5. The fraction of sp³-hybridized carbons (Fsp3) is 0.364. The van der Waals surface area contributed by atoms with E-state index in [0.717, 1.165) is 22.5 Å². The van der Waals surface area contributed by atoms with Crippen LogP contribution in [0.1, 0.15) is 6.92 Å². The van der Waals surface area contributed by atoms with E-state index in [9.17, 15) is 17.6 Å². The number of halogens is 1. The molecule has 0 unspecified atom stereocenters. The van der Waals surface area contributed by atoms with Gasteiger partial charge in [0.1, 0.15) is 17.3 Å². The van der Waals surface area contributed by atoms with E-state index in [4.69, 9.17) is 5.73 Å². The number of esters is 1. The van der Waals surface area contributed by atoms with Crippen molar-refractivity contribution >= 4 is 21.7 Å². The Labute approximate surface area is 111 Å². The Kier molecular flexibility index (Phi) is 4.84. The third-order valence-corrected chi connectivity index (χ3v) is 4.18. The van der Waals surface area contributed by atoms with Crippen LogP contribution in [0.4, 0.5) is 10.1 Å². The van der Waals surface area contributed by atoms with Crippen LogP contribution < -0.4 is 5.73 Å². The maximum Gasteiger partial charge on any atom is 0.321 e. The third kappa shape index (κ3) is 3.65. The minimum Gasteiger partial charge on any atom is -0.465 e. The molecule has 0 radical (unpaired) electrons. The number of nitrogens with zero attached hydrogens (tertiary/aromatic N) is 1. The molecule has 0 amide bonds. The molecule has 0 bridgehead atoms. The average molecular weight is 290 g/mol. The number of nitrogens with two attached hydrogens (primary N) is 1. The number of sulfonamides is 1. The number of nitrogen functional groups attached to an aromatic ring is 1. The minimum atomic E-state index is -4.04. The van der Waals surface area contributed by atoms with Crippen molar-refractivity contribution in [3.8, 4) is 0 Å². The molecule has 0 aliphatic heterocycles. The van der Waals surface area contributed by atoms with E-state index in [-0.39, 0.29) is 17.2 Å². The molecule has 0 heterocycles. The molecule has 1 aromatic rings. The van der Waals surface area contributed by atoms with Crippen molar-refractivity contribution in [2.45, 2.75) is 11.8 Å². The zero-order valence-corrected chi connectivity index (χ0v) is 11.4. The van der Waals surface area contributed by atoms with Crippen LogP contribution in [-0.2, 0) is 19.6 Å². The molecule has 106 valence electrons. The minimum absolute atomic E-state index is 0.0860. The molecular formula is C11H15FN2O4S. The van der Waals surface area contributed by atoms with Gasteiger partial charge in [-0.25, -0.2) is 12.8 Å². The molecule has 0 saturated carbocycles. The molecule has 1 rings (SSSR count). The second-order valence-electron chi connectivity index (χ2n) is 3.75. The highest BCUT2D eigenvalue weighted by Gasteiger charge is 2.26. The molecule has 8 heteroatoms. The molecule has 0 fully saturated rings. The molecular weight excluding hydrogens is 275 g/mol. The van der Waals surface area contributed by atoms with E-state index < -0.39 is 28.4 Å². The van der Waals surface area contributed by atoms with Gasteiger partial charge in [0.05, 0.1) is 12.3 Å². The van der Waals surface area contributed by atoms with Crippen molar-refractivity contribution in [2.75, 3.05) is 25.9 Å². The van der Waals surface area contributed by atoms with Crippen LogP contribution in [-0.4, -0.2) is 38.9 Å². The third-order valence-electron chi connectivity index (χ3n) is 2.32. The Balaban J connectivity index is 3.03. The van der Waals surface area contributed by atoms with E-state index in [0.29, 0.717) is 0 Å². The van der Waals surface area contributed by atoms with Crippen molar-refractivity contribution in [3.05, 3.63) is 24.0 Å². The molecule has 0 aliphatic rings. The first-order chi connectivity index (χ1) is 8.78. The lowest BCUT2D eigenvalue weighted by Gasteiger charge is -2.17. The van der Waals surface area contributed by atoms with Crippen LogP contribution in [0, 0.1) is 5.82 Å². The van der Waals surface area contributed by atoms with Gasteiger partial charge in [-0.3, -0.25) is 4.79 Å². The number of carbonyl (C=O) groups is 1. The highest BCUT2D eigenvalue weighted by Crippen LogP contribution is 2.22. The second kappa shape index (κ2) is 5.98. The summed E-state index contributed by atoms with van der Waals surface area (Å²) in [6.45, 7) is 1.29. The first-order valence-corrected chi connectivity index (χ1v) is 6.90. The lowest BCUT2D eigenvalue weighted by Crippen LogP contribution is -2.33. The quantitative estimate of drug-likeness (QED) is 0.633. The van der Waals surface area contributed by atoms with Gasteiger partial charge in [-0.15, -0.1) is 0 Å². The Morgan fingerprint density at radius 3 is 2.68 bits per heavy atom. The number of likely N-dealkylation sites (N-methyl/N-ethyl adjacent to an activating group) is 1. The highest BCUT2D eigenvalue weighted by atomic mass is 32.2. The normalized spacial score (nSPS) is 11.6. The standard InChI is InChI=1S/C11H15FN2O4S/c1-3-18-11(15)7-14(2)19(16,17)10-6-8(12)4-5-9(10)13/h4-6H,3,7,13H2,1-2H3. The van der Waals surface area contributed by atoms with E-state index in [1.807, 2.05) is 0 Å². The number of ether oxygens (including phenoxy) is 1. The van der Waals surface area contributed by atoms with Gasteiger partial charge in [-0.1, -0.05) is 0 Å². The van der Waals surface area contributed by atoms with Gasteiger partial charge in [0.25, 0.3) is 0 Å². The van der Waals surface area contributed by atoms with Gasteiger partial charge >= 0.3 is 5.97 Å². The topological polar surface area (TPSA) is 89.7 Å². The van der Waals surface area contributed by atoms with Crippen molar-refractivity contribution in [1.82, 2.24) is 4.31 Å². The number of hydrogen-bond donors (Lipinski definition) is 1.